The lowest BCUT2D eigenvalue weighted by atomic mass is 10.1. The first kappa shape index (κ1) is 10.6. The van der Waals surface area contributed by atoms with Crippen LogP contribution in [0.3, 0.4) is 0 Å². The lowest BCUT2D eigenvalue weighted by molar-refractivity contribution is 1.01. The van der Waals surface area contributed by atoms with Crippen LogP contribution in [0.15, 0.2) is 18.2 Å². The maximum Gasteiger partial charge on any atom is 0.0625 e. The van der Waals surface area contributed by atoms with Crippen molar-refractivity contribution in [3.05, 3.63) is 29.3 Å². The SMILES string of the molecule is CCNc1cc(CCC#N)ccc1C. The number of nitrogens with zero attached hydrogens (tertiary/aromatic N) is 1. The number of benzene rings is 1. The summed E-state index contributed by atoms with van der Waals surface area (Å²) in [5.74, 6) is 0. The predicted molar refractivity (Wildman–Crippen MR) is 59.3 cm³/mol. The molecule has 14 heavy (non-hydrogen) atoms. The average molecular weight is 188 g/mol. The van der Waals surface area contributed by atoms with Crippen LogP contribution < -0.4 is 5.32 Å². The van der Waals surface area contributed by atoms with Crippen LogP contribution in [0.4, 0.5) is 5.69 Å². The van der Waals surface area contributed by atoms with Gasteiger partial charge in [0.15, 0.2) is 0 Å². The van der Waals surface area contributed by atoms with E-state index in [0.717, 1.165) is 13.0 Å². The van der Waals surface area contributed by atoms with Crippen molar-refractivity contribution >= 4 is 5.69 Å². The van der Waals surface area contributed by atoms with Crippen molar-refractivity contribution in [2.24, 2.45) is 0 Å². The van der Waals surface area contributed by atoms with Gasteiger partial charge in [0.1, 0.15) is 0 Å². The Morgan fingerprint density at radius 2 is 2.21 bits per heavy atom. The van der Waals surface area contributed by atoms with Crippen molar-refractivity contribution in [2.75, 3.05) is 11.9 Å². The van der Waals surface area contributed by atoms with Crippen molar-refractivity contribution in [3.63, 3.8) is 0 Å². The molecule has 0 aromatic heterocycles. The van der Waals surface area contributed by atoms with E-state index in [9.17, 15) is 0 Å². The monoisotopic (exact) mass is 188 g/mol. The number of aryl methyl sites for hydroxylation is 2. The maximum absolute atomic E-state index is 8.49. The van der Waals surface area contributed by atoms with E-state index in [-0.39, 0.29) is 0 Å². The molecule has 0 amide bonds. The van der Waals surface area contributed by atoms with Gasteiger partial charge in [-0.25, -0.2) is 0 Å². The highest BCUT2D eigenvalue weighted by Gasteiger charge is 1.98. The van der Waals surface area contributed by atoms with Crippen LogP contribution in [-0.2, 0) is 6.42 Å². The molecule has 2 heteroatoms. The highest BCUT2D eigenvalue weighted by Crippen LogP contribution is 2.17. The topological polar surface area (TPSA) is 35.8 Å². The predicted octanol–water partition coefficient (Wildman–Crippen LogP) is 2.88. The first-order valence-corrected chi connectivity index (χ1v) is 4.98. The first-order chi connectivity index (χ1) is 6.77. The highest BCUT2D eigenvalue weighted by molar-refractivity contribution is 5.52. The maximum atomic E-state index is 8.49. The van der Waals surface area contributed by atoms with Crippen LogP contribution in [0.1, 0.15) is 24.5 Å². The Kier molecular flexibility index (Phi) is 4.00. The van der Waals surface area contributed by atoms with Gasteiger partial charge in [0.05, 0.1) is 6.07 Å². The molecule has 1 N–H and O–H groups in total. The fourth-order valence-electron chi connectivity index (χ4n) is 1.41. The molecule has 0 heterocycles. The summed E-state index contributed by atoms with van der Waals surface area (Å²) in [6.07, 6.45) is 1.43. The summed E-state index contributed by atoms with van der Waals surface area (Å²) in [4.78, 5) is 0. The first-order valence-electron chi connectivity index (χ1n) is 4.98. The van der Waals surface area contributed by atoms with Gasteiger partial charge in [-0.1, -0.05) is 12.1 Å². The lowest BCUT2D eigenvalue weighted by Crippen LogP contribution is -1.99. The summed E-state index contributed by atoms with van der Waals surface area (Å²) >= 11 is 0. The van der Waals surface area contributed by atoms with E-state index >= 15 is 0 Å². The summed E-state index contributed by atoms with van der Waals surface area (Å²) in [6.45, 7) is 5.11. The molecule has 0 aliphatic carbocycles. The minimum atomic E-state index is 0.592. The Hall–Kier alpha value is -1.49. The minimum absolute atomic E-state index is 0.592. The third kappa shape index (κ3) is 2.77. The van der Waals surface area contributed by atoms with Gasteiger partial charge in [-0.05, 0) is 37.5 Å². The normalized spacial score (nSPS) is 9.50. The van der Waals surface area contributed by atoms with E-state index in [1.165, 1.54) is 16.8 Å². The van der Waals surface area contributed by atoms with Gasteiger partial charge in [-0.15, -0.1) is 0 Å². The van der Waals surface area contributed by atoms with Crippen molar-refractivity contribution in [2.45, 2.75) is 26.7 Å². The Labute approximate surface area is 85.6 Å². The van der Waals surface area contributed by atoms with Crippen LogP contribution in [0.5, 0.6) is 0 Å². The third-order valence-corrected chi connectivity index (χ3v) is 2.19. The van der Waals surface area contributed by atoms with E-state index in [2.05, 4.69) is 43.4 Å². The molecular weight excluding hydrogens is 172 g/mol. The number of hydrogen-bond donors (Lipinski definition) is 1. The van der Waals surface area contributed by atoms with Crippen molar-refractivity contribution in [1.82, 2.24) is 0 Å². The van der Waals surface area contributed by atoms with Crippen LogP contribution in [0.2, 0.25) is 0 Å². The van der Waals surface area contributed by atoms with Crippen molar-refractivity contribution in [3.8, 4) is 6.07 Å². The van der Waals surface area contributed by atoms with Crippen molar-refractivity contribution < 1.29 is 0 Å². The van der Waals surface area contributed by atoms with E-state index in [0.29, 0.717) is 6.42 Å². The molecule has 1 rings (SSSR count). The van der Waals surface area contributed by atoms with Gasteiger partial charge in [-0.2, -0.15) is 5.26 Å². The number of anilines is 1. The quantitative estimate of drug-likeness (QED) is 0.788. The molecule has 0 radical (unpaired) electrons. The Balaban J connectivity index is 2.78. The second-order valence-corrected chi connectivity index (χ2v) is 3.34. The minimum Gasteiger partial charge on any atom is -0.385 e. The second-order valence-electron chi connectivity index (χ2n) is 3.34. The smallest absolute Gasteiger partial charge is 0.0625 e. The Morgan fingerprint density at radius 3 is 2.86 bits per heavy atom. The molecule has 0 aliphatic rings. The summed E-state index contributed by atoms with van der Waals surface area (Å²) in [5, 5.41) is 11.8. The average Bonchev–Trinajstić information content (AvgIpc) is 2.19. The Morgan fingerprint density at radius 1 is 1.43 bits per heavy atom. The molecule has 0 fully saturated rings. The molecule has 0 spiro atoms. The third-order valence-electron chi connectivity index (χ3n) is 2.19. The fraction of sp³-hybridized carbons (Fsp3) is 0.417. The molecule has 0 unspecified atom stereocenters. The zero-order valence-electron chi connectivity index (χ0n) is 8.80. The zero-order chi connectivity index (χ0) is 10.4. The molecule has 0 aliphatic heterocycles. The summed E-state index contributed by atoms with van der Waals surface area (Å²) in [7, 11) is 0. The molecule has 0 saturated carbocycles. The lowest BCUT2D eigenvalue weighted by Gasteiger charge is -2.09. The van der Waals surface area contributed by atoms with E-state index < -0.39 is 0 Å². The zero-order valence-corrected chi connectivity index (χ0v) is 8.80. The molecule has 0 bridgehead atoms. The van der Waals surface area contributed by atoms with E-state index in [1.807, 2.05) is 0 Å². The molecule has 1 aromatic carbocycles. The number of nitrogens with one attached hydrogen (secondary N) is 1. The van der Waals surface area contributed by atoms with E-state index in [4.69, 9.17) is 5.26 Å². The number of rotatable bonds is 4. The van der Waals surface area contributed by atoms with Crippen LogP contribution >= 0.6 is 0 Å². The molecule has 0 atom stereocenters. The molecule has 0 saturated heterocycles. The summed E-state index contributed by atoms with van der Waals surface area (Å²) in [5.41, 5.74) is 3.67. The largest absolute Gasteiger partial charge is 0.385 e. The van der Waals surface area contributed by atoms with Crippen LogP contribution in [-0.4, -0.2) is 6.54 Å². The molecule has 74 valence electrons. The van der Waals surface area contributed by atoms with Gasteiger partial charge in [-0.3, -0.25) is 0 Å². The molecule has 2 nitrogen and oxygen atoms in total. The van der Waals surface area contributed by atoms with Gasteiger partial charge < -0.3 is 5.32 Å². The van der Waals surface area contributed by atoms with Gasteiger partial charge in [0.25, 0.3) is 0 Å². The Bertz CT molecular complexity index is 337. The van der Waals surface area contributed by atoms with Crippen LogP contribution in [0, 0.1) is 18.3 Å². The van der Waals surface area contributed by atoms with Gasteiger partial charge >= 0.3 is 0 Å². The fourth-order valence-corrected chi connectivity index (χ4v) is 1.41. The molecule has 1 aromatic rings. The second kappa shape index (κ2) is 5.29. The standard InChI is InChI=1S/C12H16N2/c1-3-14-12-9-11(5-4-8-13)7-6-10(12)2/h6-7,9,14H,3-5H2,1-2H3. The van der Waals surface area contributed by atoms with Gasteiger partial charge in [0.2, 0.25) is 0 Å². The molecular formula is C12H16N2. The number of hydrogen-bond acceptors (Lipinski definition) is 2. The summed E-state index contributed by atoms with van der Waals surface area (Å²) < 4.78 is 0. The highest BCUT2D eigenvalue weighted by atomic mass is 14.9. The number of nitriles is 1. The van der Waals surface area contributed by atoms with Crippen molar-refractivity contribution in [1.29, 1.82) is 5.26 Å². The van der Waals surface area contributed by atoms with Gasteiger partial charge in [0, 0.05) is 18.7 Å². The summed E-state index contributed by atoms with van der Waals surface area (Å²) in [6, 6.07) is 8.49. The van der Waals surface area contributed by atoms with E-state index in [1.54, 1.807) is 0 Å². The van der Waals surface area contributed by atoms with Crippen LogP contribution in [0.25, 0.3) is 0 Å².